The van der Waals surface area contributed by atoms with Gasteiger partial charge >= 0.3 is 0 Å². The number of likely N-dealkylation sites (tertiary alicyclic amines) is 1. The third kappa shape index (κ3) is 2.61. The standard InChI is InChI=1S/C19H27NO/c1-15(2)16-9-13-20(14-10-16)18(21)19(11-6-12-19)17-7-4-3-5-8-17/h3-5,7-8,15-16H,6,9-14H2,1-2H3. The maximum absolute atomic E-state index is 13.1. The quantitative estimate of drug-likeness (QED) is 0.822. The molecule has 0 atom stereocenters. The minimum absolute atomic E-state index is 0.202. The molecule has 0 radical (unpaired) electrons. The van der Waals surface area contributed by atoms with Crippen molar-refractivity contribution in [3.05, 3.63) is 35.9 Å². The second kappa shape index (κ2) is 5.82. The summed E-state index contributed by atoms with van der Waals surface area (Å²) in [6.07, 6.45) is 5.59. The van der Waals surface area contributed by atoms with Gasteiger partial charge < -0.3 is 4.90 Å². The average Bonchev–Trinajstić information content (AvgIpc) is 2.47. The van der Waals surface area contributed by atoms with Gasteiger partial charge in [-0.2, -0.15) is 0 Å². The summed E-state index contributed by atoms with van der Waals surface area (Å²) >= 11 is 0. The van der Waals surface area contributed by atoms with Gasteiger partial charge in [-0.25, -0.2) is 0 Å². The Labute approximate surface area is 128 Å². The molecule has 1 saturated carbocycles. The first-order valence-corrected chi connectivity index (χ1v) is 8.48. The zero-order valence-electron chi connectivity index (χ0n) is 13.3. The number of nitrogens with zero attached hydrogens (tertiary/aromatic N) is 1. The second-order valence-electron chi connectivity index (χ2n) is 7.18. The van der Waals surface area contributed by atoms with E-state index in [4.69, 9.17) is 0 Å². The van der Waals surface area contributed by atoms with Crippen molar-refractivity contribution in [2.45, 2.75) is 51.4 Å². The highest BCUT2D eigenvalue weighted by Gasteiger charge is 2.47. The van der Waals surface area contributed by atoms with Gasteiger partial charge in [-0.05, 0) is 43.1 Å². The average molecular weight is 285 g/mol. The van der Waals surface area contributed by atoms with Gasteiger partial charge in [0.2, 0.25) is 5.91 Å². The van der Waals surface area contributed by atoms with Crippen molar-refractivity contribution >= 4 is 5.91 Å². The molecule has 0 bridgehead atoms. The van der Waals surface area contributed by atoms with Gasteiger partial charge in [-0.15, -0.1) is 0 Å². The molecule has 1 aliphatic heterocycles. The zero-order valence-corrected chi connectivity index (χ0v) is 13.3. The van der Waals surface area contributed by atoms with Crippen LogP contribution in [0.1, 0.15) is 51.5 Å². The van der Waals surface area contributed by atoms with Crippen LogP contribution in [-0.4, -0.2) is 23.9 Å². The molecule has 2 fully saturated rings. The number of amides is 1. The Hall–Kier alpha value is -1.31. The SMILES string of the molecule is CC(C)C1CCN(C(=O)C2(c3ccccc3)CCC2)CC1. The fourth-order valence-corrected chi connectivity index (χ4v) is 3.99. The number of carbonyl (C=O) groups excluding carboxylic acids is 1. The summed E-state index contributed by atoms with van der Waals surface area (Å²) in [4.78, 5) is 15.2. The summed E-state index contributed by atoms with van der Waals surface area (Å²) in [6.45, 7) is 6.52. The van der Waals surface area contributed by atoms with Crippen molar-refractivity contribution in [2.75, 3.05) is 13.1 Å². The normalized spacial score (nSPS) is 22.1. The lowest BCUT2D eigenvalue weighted by atomic mass is 9.63. The van der Waals surface area contributed by atoms with E-state index in [2.05, 4.69) is 43.0 Å². The molecule has 1 saturated heterocycles. The van der Waals surface area contributed by atoms with E-state index in [-0.39, 0.29) is 5.41 Å². The molecule has 2 heteroatoms. The van der Waals surface area contributed by atoms with Crippen LogP contribution >= 0.6 is 0 Å². The predicted octanol–water partition coefficient (Wildman–Crippen LogP) is 4.00. The first-order valence-electron chi connectivity index (χ1n) is 8.48. The second-order valence-corrected chi connectivity index (χ2v) is 7.18. The molecule has 1 heterocycles. The molecule has 1 aromatic carbocycles. The molecular weight excluding hydrogens is 258 g/mol. The largest absolute Gasteiger partial charge is 0.342 e. The Morgan fingerprint density at radius 2 is 1.76 bits per heavy atom. The van der Waals surface area contributed by atoms with Gasteiger partial charge in [0.25, 0.3) is 0 Å². The lowest BCUT2D eigenvalue weighted by molar-refractivity contribution is -0.142. The van der Waals surface area contributed by atoms with E-state index in [1.54, 1.807) is 0 Å². The van der Waals surface area contributed by atoms with Crippen molar-refractivity contribution in [3.63, 3.8) is 0 Å². The summed E-state index contributed by atoms with van der Waals surface area (Å²) in [5.74, 6) is 1.93. The Bertz CT molecular complexity index is 482. The van der Waals surface area contributed by atoms with E-state index in [1.807, 2.05) is 6.07 Å². The van der Waals surface area contributed by atoms with Crippen molar-refractivity contribution in [1.29, 1.82) is 0 Å². The van der Waals surface area contributed by atoms with Crippen LogP contribution in [0.5, 0.6) is 0 Å². The first kappa shape index (κ1) is 14.6. The van der Waals surface area contributed by atoms with Gasteiger partial charge in [0, 0.05) is 13.1 Å². The third-order valence-electron chi connectivity index (χ3n) is 5.71. The van der Waals surface area contributed by atoms with Gasteiger partial charge in [0.05, 0.1) is 5.41 Å². The summed E-state index contributed by atoms with van der Waals surface area (Å²) in [5.41, 5.74) is 1.03. The molecule has 0 N–H and O–H groups in total. The Kier molecular flexibility index (Phi) is 4.05. The molecule has 1 aliphatic carbocycles. The minimum atomic E-state index is -0.202. The molecule has 0 aromatic heterocycles. The van der Waals surface area contributed by atoms with Crippen LogP contribution < -0.4 is 0 Å². The van der Waals surface area contributed by atoms with Crippen molar-refractivity contribution in [1.82, 2.24) is 4.90 Å². The number of hydrogen-bond acceptors (Lipinski definition) is 1. The Morgan fingerprint density at radius 1 is 1.14 bits per heavy atom. The van der Waals surface area contributed by atoms with Crippen LogP contribution in [0.3, 0.4) is 0 Å². The molecule has 2 nitrogen and oxygen atoms in total. The first-order chi connectivity index (χ1) is 10.1. The third-order valence-corrected chi connectivity index (χ3v) is 5.71. The van der Waals surface area contributed by atoms with E-state index in [9.17, 15) is 4.79 Å². The number of rotatable bonds is 3. The lowest BCUT2D eigenvalue weighted by Gasteiger charge is -2.46. The van der Waals surface area contributed by atoms with Crippen molar-refractivity contribution < 1.29 is 4.79 Å². The van der Waals surface area contributed by atoms with Crippen LogP contribution in [0.25, 0.3) is 0 Å². The fraction of sp³-hybridized carbons (Fsp3) is 0.632. The summed E-state index contributed by atoms with van der Waals surface area (Å²) in [5, 5.41) is 0. The molecule has 1 aromatic rings. The molecule has 0 spiro atoms. The summed E-state index contributed by atoms with van der Waals surface area (Å²) in [6, 6.07) is 10.4. The monoisotopic (exact) mass is 285 g/mol. The van der Waals surface area contributed by atoms with Crippen LogP contribution in [0.15, 0.2) is 30.3 Å². The number of piperidine rings is 1. The highest BCUT2D eigenvalue weighted by Crippen LogP contribution is 2.45. The fourth-order valence-electron chi connectivity index (χ4n) is 3.99. The number of hydrogen-bond donors (Lipinski definition) is 0. The van der Waals surface area contributed by atoms with Gasteiger partial charge in [0.15, 0.2) is 0 Å². The van der Waals surface area contributed by atoms with Gasteiger partial charge in [-0.3, -0.25) is 4.79 Å². The van der Waals surface area contributed by atoms with Gasteiger partial charge in [-0.1, -0.05) is 50.6 Å². The zero-order chi connectivity index (χ0) is 14.9. The maximum atomic E-state index is 13.1. The van der Waals surface area contributed by atoms with E-state index >= 15 is 0 Å². The lowest BCUT2D eigenvalue weighted by Crippen LogP contribution is -2.53. The van der Waals surface area contributed by atoms with Crippen molar-refractivity contribution in [2.24, 2.45) is 11.8 Å². The molecular formula is C19H27NO. The molecule has 114 valence electrons. The Balaban J connectivity index is 1.73. The molecule has 3 rings (SSSR count). The minimum Gasteiger partial charge on any atom is -0.342 e. The van der Waals surface area contributed by atoms with E-state index in [1.165, 1.54) is 24.8 Å². The summed E-state index contributed by atoms with van der Waals surface area (Å²) in [7, 11) is 0. The smallest absolute Gasteiger partial charge is 0.233 e. The molecule has 21 heavy (non-hydrogen) atoms. The predicted molar refractivity (Wildman–Crippen MR) is 86.1 cm³/mol. The van der Waals surface area contributed by atoms with Gasteiger partial charge in [0.1, 0.15) is 0 Å². The summed E-state index contributed by atoms with van der Waals surface area (Å²) < 4.78 is 0. The van der Waals surface area contributed by atoms with Crippen LogP contribution in [-0.2, 0) is 10.2 Å². The van der Waals surface area contributed by atoms with Crippen LogP contribution in [0.4, 0.5) is 0 Å². The molecule has 1 amide bonds. The Morgan fingerprint density at radius 3 is 2.24 bits per heavy atom. The highest BCUT2D eigenvalue weighted by molar-refractivity contribution is 5.89. The van der Waals surface area contributed by atoms with E-state index in [0.717, 1.165) is 37.8 Å². The van der Waals surface area contributed by atoms with Crippen LogP contribution in [0.2, 0.25) is 0 Å². The molecule has 0 unspecified atom stereocenters. The van der Waals surface area contributed by atoms with E-state index < -0.39 is 0 Å². The number of benzene rings is 1. The number of carbonyl (C=O) groups is 1. The molecule has 2 aliphatic rings. The topological polar surface area (TPSA) is 20.3 Å². The van der Waals surface area contributed by atoms with Crippen molar-refractivity contribution in [3.8, 4) is 0 Å². The van der Waals surface area contributed by atoms with Crippen LogP contribution in [0, 0.1) is 11.8 Å². The highest BCUT2D eigenvalue weighted by atomic mass is 16.2. The van der Waals surface area contributed by atoms with E-state index in [0.29, 0.717) is 5.91 Å². The maximum Gasteiger partial charge on any atom is 0.233 e.